The smallest absolute Gasteiger partial charge is 0.344 e. The normalized spacial score (nSPS) is 10.3. The van der Waals surface area contributed by atoms with Crippen LogP contribution in [0.1, 0.15) is 15.9 Å². The minimum Gasteiger partial charge on any atom is -0.482 e. The van der Waals surface area contributed by atoms with Crippen LogP contribution >= 0.6 is 34.8 Å². The van der Waals surface area contributed by atoms with Crippen LogP contribution in [0.25, 0.3) is 0 Å². The Hall–Kier alpha value is -1.75. The number of hydrogen-bond acceptors (Lipinski definition) is 4. The van der Waals surface area contributed by atoms with Crippen molar-refractivity contribution in [3.63, 3.8) is 0 Å². The second-order valence-electron chi connectivity index (χ2n) is 4.91. The van der Waals surface area contributed by atoms with Crippen LogP contribution in [0.4, 0.5) is 0 Å². The molecule has 0 unspecified atom stereocenters. The lowest BCUT2D eigenvalue weighted by Gasteiger charge is -2.08. The van der Waals surface area contributed by atoms with Crippen molar-refractivity contribution in [3.8, 4) is 5.75 Å². The number of ketones is 1. The Morgan fingerprint density at radius 3 is 2.29 bits per heavy atom. The fourth-order valence-corrected chi connectivity index (χ4v) is 2.21. The maximum atomic E-state index is 11.9. The molecule has 0 atom stereocenters. The molecule has 2 aromatic rings. The standard InChI is InChI=1S/C17H13Cl3O4/c1-10-6-12(3-5-13(10)18)23-9-17(22)24-8-16(21)11-2-4-14(19)15(20)7-11/h2-7H,8-9H2,1H3. The Balaban J connectivity index is 1.83. The molecule has 0 saturated carbocycles. The fourth-order valence-electron chi connectivity index (χ4n) is 1.79. The van der Waals surface area contributed by atoms with Crippen molar-refractivity contribution in [1.82, 2.24) is 0 Å². The first-order chi connectivity index (χ1) is 11.4. The van der Waals surface area contributed by atoms with Gasteiger partial charge in [0.1, 0.15) is 5.75 Å². The van der Waals surface area contributed by atoms with Crippen LogP contribution in [0.5, 0.6) is 5.75 Å². The summed E-state index contributed by atoms with van der Waals surface area (Å²) < 4.78 is 10.2. The third-order valence-electron chi connectivity index (χ3n) is 3.09. The average Bonchev–Trinajstić information content (AvgIpc) is 2.56. The molecular weight excluding hydrogens is 375 g/mol. The van der Waals surface area contributed by atoms with Gasteiger partial charge in [0, 0.05) is 10.6 Å². The topological polar surface area (TPSA) is 52.6 Å². The van der Waals surface area contributed by atoms with E-state index in [0.717, 1.165) is 5.56 Å². The van der Waals surface area contributed by atoms with Gasteiger partial charge in [-0.1, -0.05) is 34.8 Å². The molecule has 0 amide bonds. The summed E-state index contributed by atoms with van der Waals surface area (Å²) in [5.41, 5.74) is 1.14. The third-order valence-corrected chi connectivity index (χ3v) is 4.26. The maximum Gasteiger partial charge on any atom is 0.344 e. The van der Waals surface area contributed by atoms with Crippen LogP contribution in [0, 0.1) is 6.92 Å². The Labute approximate surface area is 154 Å². The summed E-state index contributed by atoms with van der Waals surface area (Å²) in [6, 6.07) is 9.46. The number of aryl methyl sites for hydroxylation is 1. The van der Waals surface area contributed by atoms with Gasteiger partial charge in [-0.2, -0.15) is 0 Å². The van der Waals surface area contributed by atoms with E-state index in [1.165, 1.54) is 18.2 Å². The van der Waals surface area contributed by atoms with Gasteiger partial charge < -0.3 is 9.47 Å². The number of carbonyl (C=O) groups is 2. The lowest BCUT2D eigenvalue weighted by Crippen LogP contribution is -2.19. The predicted molar refractivity (Wildman–Crippen MR) is 93.4 cm³/mol. The number of rotatable bonds is 6. The van der Waals surface area contributed by atoms with Crippen molar-refractivity contribution in [2.75, 3.05) is 13.2 Å². The van der Waals surface area contributed by atoms with E-state index in [-0.39, 0.29) is 17.4 Å². The molecular formula is C17H13Cl3O4. The highest BCUT2D eigenvalue weighted by molar-refractivity contribution is 6.42. The Kier molecular flexibility index (Phi) is 6.49. The van der Waals surface area contributed by atoms with Crippen molar-refractivity contribution in [1.29, 1.82) is 0 Å². The first-order valence-corrected chi connectivity index (χ1v) is 8.03. The van der Waals surface area contributed by atoms with Crippen LogP contribution < -0.4 is 4.74 Å². The van der Waals surface area contributed by atoms with Gasteiger partial charge in [-0.15, -0.1) is 0 Å². The van der Waals surface area contributed by atoms with E-state index in [0.29, 0.717) is 21.4 Å². The van der Waals surface area contributed by atoms with E-state index in [1.807, 2.05) is 6.92 Å². The van der Waals surface area contributed by atoms with Gasteiger partial charge >= 0.3 is 5.97 Å². The van der Waals surface area contributed by atoms with Crippen LogP contribution in [0.3, 0.4) is 0 Å². The molecule has 0 aromatic heterocycles. The molecule has 7 heteroatoms. The van der Waals surface area contributed by atoms with Crippen LogP contribution in [-0.2, 0) is 9.53 Å². The number of carbonyl (C=O) groups excluding carboxylic acids is 2. The fraction of sp³-hybridized carbons (Fsp3) is 0.176. The molecule has 0 aliphatic carbocycles. The van der Waals surface area contributed by atoms with Crippen LogP contribution in [-0.4, -0.2) is 25.0 Å². The third kappa shape index (κ3) is 5.13. The van der Waals surface area contributed by atoms with Crippen LogP contribution in [0.2, 0.25) is 15.1 Å². The zero-order valence-electron chi connectivity index (χ0n) is 12.6. The van der Waals surface area contributed by atoms with Crippen LogP contribution in [0.15, 0.2) is 36.4 Å². The Morgan fingerprint density at radius 1 is 0.917 bits per heavy atom. The van der Waals surface area contributed by atoms with Gasteiger partial charge in [0.25, 0.3) is 0 Å². The predicted octanol–water partition coefficient (Wildman–Crippen LogP) is 4.76. The second kappa shape index (κ2) is 8.38. The Morgan fingerprint density at radius 2 is 1.62 bits per heavy atom. The number of Topliss-reactive ketones (excluding diaryl/α,β-unsaturated/α-hetero) is 1. The molecule has 0 spiro atoms. The van der Waals surface area contributed by atoms with Crippen molar-refractivity contribution in [2.45, 2.75) is 6.92 Å². The van der Waals surface area contributed by atoms with Gasteiger partial charge in [-0.25, -0.2) is 4.79 Å². The molecule has 0 radical (unpaired) electrons. The van der Waals surface area contributed by atoms with E-state index < -0.39 is 12.6 Å². The largest absolute Gasteiger partial charge is 0.482 e. The molecule has 0 aliphatic rings. The summed E-state index contributed by atoms with van der Waals surface area (Å²) in [6.07, 6.45) is 0. The highest BCUT2D eigenvalue weighted by Crippen LogP contribution is 2.23. The molecule has 0 N–H and O–H groups in total. The lowest BCUT2D eigenvalue weighted by molar-refractivity contribution is -0.144. The van der Waals surface area contributed by atoms with Crippen molar-refractivity contribution in [2.24, 2.45) is 0 Å². The summed E-state index contributed by atoms with van der Waals surface area (Å²) >= 11 is 17.5. The monoisotopic (exact) mass is 386 g/mol. The zero-order valence-corrected chi connectivity index (χ0v) is 14.9. The molecule has 126 valence electrons. The maximum absolute atomic E-state index is 11.9. The van der Waals surface area contributed by atoms with Gasteiger partial charge in [-0.05, 0) is 48.9 Å². The highest BCUT2D eigenvalue weighted by atomic mass is 35.5. The van der Waals surface area contributed by atoms with E-state index in [4.69, 9.17) is 44.3 Å². The summed E-state index contributed by atoms with van der Waals surface area (Å²) in [4.78, 5) is 23.6. The minimum atomic E-state index is -0.656. The number of benzene rings is 2. The van der Waals surface area contributed by atoms with Gasteiger partial charge in [0.15, 0.2) is 19.0 Å². The molecule has 0 saturated heterocycles. The van der Waals surface area contributed by atoms with Crippen molar-refractivity contribution in [3.05, 3.63) is 62.6 Å². The van der Waals surface area contributed by atoms with E-state index in [2.05, 4.69) is 0 Å². The van der Waals surface area contributed by atoms with E-state index in [9.17, 15) is 9.59 Å². The minimum absolute atomic E-state index is 0.260. The molecule has 0 heterocycles. The average molecular weight is 388 g/mol. The van der Waals surface area contributed by atoms with Gasteiger partial charge in [0.05, 0.1) is 10.0 Å². The molecule has 0 fully saturated rings. The molecule has 0 aliphatic heterocycles. The molecule has 4 nitrogen and oxygen atoms in total. The summed E-state index contributed by atoms with van der Waals surface area (Å²) in [7, 11) is 0. The number of hydrogen-bond donors (Lipinski definition) is 0. The number of ether oxygens (including phenoxy) is 2. The van der Waals surface area contributed by atoms with E-state index in [1.54, 1.807) is 18.2 Å². The molecule has 2 aromatic carbocycles. The molecule has 24 heavy (non-hydrogen) atoms. The first kappa shape index (κ1) is 18.6. The van der Waals surface area contributed by atoms with Gasteiger partial charge in [-0.3, -0.25) is 4.79 Å². The Bertz CT molecular complexity index is 774. The van der Waals surface area contributed by atoms with Gasteiger partial charge in [0.2, 0.25) is 0 Å². The SMILES string of the molecule is Cc1cc(OCC(=O)OCC(=O)c2ccc(Cl)c(Cl)c2)ccc1Cl. The van der Waals surface area contributed by atoms with Crippen molar-refractivity contribution < 1.29 is 19.1 Å². The zero-order chi connectivity index (χ0) is 17.7. The summed E-state index contributed by atoms with van der Waals surface area (Å²) in [5, 5.41) is 1.21. The molecule has 2 rings (SSSR count). The second-order valence-corrected chi connectivity index (χ2v) is 6.13. The lowest BCUT2D eigenvalue weighted by atomic mass is 10.1. The molecule has 0 bridgehead atoms. The highest BCUT2D eigenvalue weighted by Gasteiger charge is 2.12. The van der Waals surface area contributed by atoms with E-state index >= 15 is 0 Å². The first-order valence-electron chi connectivity index (χ1n) is 6.89. The summed E-state index contributed by atoms with van der Waals surface area (Å²) in [5.74, 6) is -0.551. The van der Waals surface area contributed by atoms with Crippen molar-refractivity contribution >= 4 is 46.6 Å². The summed E-state index contributed by atoms with van der Waals surface area (Å²) in [6.45, 7) is 1.11. The quantitative estimate of drug-likeness (QED) is 0.530. The number of esters is 1. The number of halogens is 3.